The summed E-state index contributed by atoms with van der Waals surface area (Å²) in [6.45, 7) is 4.05. The Labute approximate surface area is 189 Å². The van der Waals surface area contributed by atoms with E-state index in [-0.39, 0.29) is 12.1 Å². The molecule has 1 saturated carbocycles. The van der Waals surface area contributed by atoms with Gasteiger partial charge in [-0.2, -0.15) is 0 Å². The van der Waals surface area contributed by atoms with Crippen LogP contribution >= 0.6 is 11.6 Å². The number of carbonyl (C=O) groups excluding carboxylic acids is 2. The minimum absolute atomic E-state index is 0.0301. The highest BCUT2D eigenvalue weighted by Gasteiger charge is 2.15. The van der Waals surface area contributed by atoms with Crippen LogP contribution in [-0.2, 0) is 9.53 Å². The summed E-state index contributed by atoms with van der Waals surface area (Å²) in [6.07, 6.45) is 6.54. The normalized spacial score (nSPS) is 13.6. The zero-order valence-electron chi connectivity index (χ0n) is 18.3. The van der Waals surface area contributed by atoms with Crippen LogP contribution in [0.2, 0.25) is 5.02 Å². The summed E-state index contributed by atoms with van der Waals surface area (Å²) in [7, 11) is 1.55. The van der Waals surface area contributed by atoms with Crippen LogP contribution < -0.4 is 15.4 Å². The molecule has 168 valence electrons. The van der Waals surface area contributed by atoms with Crippen LogP contribution in [0, 0.1) is 0 Å². The van der Waals surface area contributed by atoms with Gasteiger partial charge in [0.2, 0.25) is 0 Å². The molecule has 2 amide bonds. The van der Waals surface area contributed by atoms with Crippen molar-refractivity contribution in [2.45, 2.75) is 58.0 Å². The Bertz CT molecular complexity index is 834. The molecule has 3 rings (SSSR count). The van der Waals surface area contributed by atoms with Gasteiger partial charge in [-0.05, 0) is 68.5 Å². The zero-order valence-corrected chi connectivity index (χ0v) is 19.1. The number of carbonyl (C=O) groups is 2. The van der Waals surface area contributed by atoms with Gasteiger partial charge in [-0.25, -0.2) is 4.79 Å². The maximum Gasteiger partial charge on any atom is 0.323 e. The van der Waals surface area contributed by atoms with Crippen molar-refractivity contribution >= 4 is 35.5 Å². The number of hydrogen-bond donors (Lipinski definition) is 2. The highest BCUT2D eigenvalue weighted by Crippen LogP contribution is 2.33. The van der Waals surface area contributed by atoms with Gasteiger partial charge in [0, 0.05) is 10.7 Å². The van der Waals surface area contributed by atoms with E-state index in [2.05, 4.69) is 27.5 Å². The van der Waals surface area contributed by atoms with Gasteiger partial charge in [0.1, 0.15) is 5.75 Å². The maximum absolute atomic E-state index is 12.2. The summed E-state index contributed by atoms with van der Waals surface area (Å²) in [5, 5.41) is 6.15. The molecule has 0 atom stereocenters. The van der Waals surface area contributed by atoms with Crippen LogP contribution in [0.15, 0.2) is 42.5 Å². The molecule has 0 bridgehead atoms. The molecule has 2 aromatic rings. The third kappa shape index (κ3) is 8.50. The lowest BCUT2D eigenvalue weighted by molar-refractivity contribution is -0.131. The SMILES string of the molecule is CC(C)OC=O.COc1ccc(Cl)cc1NC(=O)Nc1ccc(C2CCCCC2)cc1. The topological polar surface area (TPSA) is 76.7 Å². The van der Waals surface area contributed by atoms with Crippen LogP contribution in [-0.4, -0.2) is 25.7 Å². The highest BCUT2D eigenvalue weighted by molar-refractivity contribution is 6.31. The van der Waals surface area contributed by atoms with Gasteiger partial charge in [-0.15, -0.1) is 0 Å². The number of hydrogen-bond acceptors (Lipinski definition) is 4. The van der Waals surface area contributed by atoms with E-state index in [9.17, 15) is 9.59 Å². The molecule has 31 heavy (non-hydrogen) atoms. The molecule has 7 heteroatoms. The summed E-state index contributed by atoms with van der Waals surface area (Å²) < 4.78 is 9.59. The molecule has 0 spiro atoms. The van der Waals surface area contributed by atoms with E-state index in [1.807, 2.05) is 12.1 Å². The van der Waals surface area contributed by atoms with Gasteiger partial charge < -0.3 is 20.1 Å². The smallest absolute Gasteiger partial charge is 0.323 e. The van der Waals surface area contributed by atoms with E-state index in [0.717, 1.165) is 5.69 Å². The number of methoxy groups -OCH3 is 1. The van der Waals surface area contributed by atoms with Gasteiger partial charge in [-0.3, -0.25) is 4.79 Å². The Kier molecular flexibility index (Phi) is 10.2. The maximum atomic E-state index is 12.2. The largest absolute Gasteiger partial charge is 0.495 e. The zero-order chi connectivity index (χ0) is 22.6. The third-order valence-electron chi connectivity index (χ3n) is 4.98. The number of ether oxygens (including phenoxy) is 2. The lowest BCUT2D eigenvalue weighted by atomic mass is 9.84. The summed E-state index contributed by atoms with van der Waals surface area (Å²) >= 11 is 5.98. The molecule has 0 heterocycles. The van der Waals surface area contributed by atoms with E-state index >= 15 is 0 Å². The molecular weight excluding hydrogens is 416 g/mol. The highest BCUT2D eigenvalue weighted by atomic mass is 35.5. The first-order valence-corrected chi connectivity index (χ1v) is 10.9. The minimum Gasteiger partial charge on any atom is -0.495 e. The van der Waals surface area contributed by atoms with Crippen LogP contribution in [0.5, 0.6) is 5.75 Å². The Balaban J connectivity index is 0.000000501. The number of anilines is 2. The van der Waals surface area contributed by atoms with Crippen LogP contribution in [0.4, 0.5) is 16.2 Å². The van der Waals surface area contributed by atoms with Crippen molar-refractivity contribution in [3.63, 3.8) is 0 Å². The fourth-order valence-electron chi connectivity index (χ4n) is 3.45. The van der Waals surface area contributed by atoms with Crippen LogP contribution in [0.25, 0.3) is 0 Å². The lowest BCUT2D eigenvalue weighted by Crippen LogP contribution is -2.19. The van der Waals surface area contributed by atoms with E-state index in [0.29, 0.717) is 28.8 Å². The molecule has 6 nitrogen and oxygen atoms in total. The summed E-state index contributed by atoms with van der Waals surface area (Å²) in [5.74, 6) is 1.22. The number of benzene rings is 2. The average Bonchev–Trinajstić information content (AvgIpc) is 2.75. The summed E-state index contributed by atoms with van der Waals surface area (Å²) in [6, 6.07) is 12.9. The molecule has 0 aliphatic heterocycles. The molecule has 0 saturated heterocycles. The van der Waals surface area contributed by atoms with Gasteiger partial charge >= 0.3 is 6.03 Å². The number of amides is 2. The Hall–Kier alpha value is -2.73. The minimum atomic E-state index is -0.328. The first-order chi connectivity index (χ1) is 14.9. The Morgan fingerprint density at radius 1 is 1.06 bits per heavy atom. The van der Waals surface area contributed by atoms with Crippen molar-refractivity contribution in [3.05, 3.63) is 53.1 Å². The van der Waals surface area contributed by atoms with Crippen molar-refractivity contribution in [1.82, 2.24) is 0 Å². The second-order valence-electron chi connectivity index (χ2n) is 7.66. The van der Waals surface area contributed by atoms with E-state index in [4.69, 9.17) is 16.3 Å². The third-order valence-corrected chi connectivity index (χ3v) is 5.22. The Morgan fingerprint density at radius 3 is 2.29 bits per heavy atom. The fraction of sp³-hybridized carbons (Fsp3) is 0.417. The predicted molar refractivity (Wildman–Crippen MR) is 125 cm³/mol. The van der Waals surface area contributed by atoms with Crippen molar-refractivity contribution in [1.29, 1.82) is 0 Å². The summed E-state index contributed by atoms with van der Waals surface area (Å²) in [4.78, 5) is 21.6. The molecule has 1 aliphatic carbocycles. The molecule has 1 fully saturated rings. The summed E-state index contributed by atoms with van der Waals surface area (Å²) in [5.41, 5.74) is 2.66. The second kappa shape index (κ2) is 12.8. The standard InChI is InChI=1S/C20H23ClN2O2.C4H8O2/c1-25-19-12-9-16(21)13-18(19)23-20(24)22-17-10-7-15(8-11-17)14-5-3-2-4-6-14;1-4(2)6-3-5/h7-14H,2-6H2,1H3,(H2,22,23,24);3-4H,1-2H3. The first kappa shape index (κ1) is 24.5. The predicted octanol–water partition coefficient (Wildman–Crippen LogP) is 6.61. The van der Waals surface area contributed by atoms with Crippen LogP contribution in [0.1, 0.15) is 57.4 Å². The Morgan fingerprint density at radius 2 is 1.74 bits per heavy atom. The molecular formula is C24H31ClN2O4. The molecule has 2 N–H and O–H groups in total. The van der Waals surface area contributed by atoms with Gasteiger partial charge in [0.25, 0.3) is 6.47 Å². The van der Waals surface area contributed by atoms with E-state index in [1.165, 1.54) is 37.7 Å². The van der Waals surface area contributed by atoms with Crippen molar-refractivity contribution in [2.24, 2.45) is 0 Å². The number of halogens is 1. The molecule has 0 aromatic heterocycles. The second-order valence-corrected chi connectivity index (χ2v) is 8.10. The molecule has 0 radical (unpaired) electrons. The average molecular weight is 447 g/mol. The fourth-order valence-corrected chi connectivity index (χ4v) is 3.62. The number of rotatable bonds is 6. The van der Waals surface area contributed by atoms with E-state index < -0.39 is 0 Å². The number of nitrogens with one attached hydrogen (secondary N) is 2. The monoisotopic (exact) mass is 446 g/mol. The lowest BCUT2D eigenvalue weighted by Gasteiger charge is -2.22. The van der Waals surface area contributed by atoms with Gasteiger partial charge in [-0.1, -0.05) is 43.0 Å². The van der Waals surface area contributed by atoms with E-state index in [1.54, 1.807) is 39.2 Å². The van der Waals surface area contributed by atoms with Gasteiger partial charge in [0.15, 0.2) is 0 Å². The molecule has 1 aliphatic rings. The van der Waals surface area contributed by atoms with Crippen molar-refractivity contribution in [2.75, 3.05) is 17.7 Å². The molecule has 0 unspecified atom stereocenters. The van der Waals surface area contributed by atoms with Gasteiger partial charge in [0.05, 0.1) is 18.9 Å². The van der Waals surface area contributed by atoms with Crippen LogP contribution in [0.3, 0.4) is 0 Å². The van der Waals surface area contributed by atoms with Crippen molar-refractivity contribution in [3.8, 4) is 5.75 Å². The quantitative estimate of drug-likeness (QED) is 0.489. The first-order valence-electron chi connectivity index (χ1n) is 10.5. The molecule has 2 aromatic carbocycles. The van der Waals surface area contributed by atoms with Crippen molar-refractivity contribution < 1.29 is 19.1 Å². The number of urea groups is 1.